The summed E-state index contributed by atoms with van der Waals surface area (Å²) in [6.45, 7) is 0. The molecular formula is C12H12N4O. The van der Waals surface area contributed by atoms with Crippen molar-refractivity contribution in [2.75, 3.05) is 12.5 Å². The SMILES string of the molecule is COc1ccc(/C=N/Nc2ncccn2)cc1. The van der Waals surface area contributed by atoms with Crippen molar-refractivity contribution in [2.45, 2.75) is 0 Å². The van der Waals surface area contributed by atoms with Crippen LogP contribution in [0.15, 0.2) is 47.8 Å². The van der Waals surface area contributed by atoms with Gasteiger partial charge < -0.3 is 4.74 Å². The third kappa shape index (κ3) is 3.27. The Bertz CT molecular complexity index is 482. The van der Waals surface area contributed by atoms with Crippen molar-refractivity contribution in [3.63, 3.8) is 0 Å². The molecule has 1 aromatic carbocycles. The largest absolute Gasteiger partial charge is 0.497 e. The molecule has 1 heterocycles. The zero-order valence-corrected chi connectivity index (χ0v) is 9.37. The minimum atomic E-state index is 0.470. The van der Waals surface area contributed by atoms with Gasteiger partial charge in [0.1, 0.15) is 5.75 Å². The number of aromatic nitrogens is 2. The van der Waals surface area contributed by atoms with Gasteiger partial charge in [0.25, 0.3) is 0 Å². The predicted molar refractivity (Wildman–Crippen MR) is 66.2 cm³/mol. The number of hydrogen-bond acceptors (Lipinski definition) is 5. The second-order valence-electron chi connectivity index (χ2n) is 3.22. The van der Waals surface area contributed by atoms with E-state index in [1.54, 1.807) is 31.8 Å². The molecule has 0 radical (unpaired) electrons. The number of benzene rings is 1. The smallest absolute Gasteiger partial charge is 0.243 e. The van der Waals surface area contributed by atoms with E-state index in [-0.39, 0.29) is 0 Å². The molecule has 0 saturated carbocycles. The first kappa shape index (κ1) is 11.1. The summed E-state index contributed by atoms with van der Waals surface area (Å²) in [5.41, 5.74) is 3.70. The number of methoxy groups -OCH3 is 1. The summed E-state index contributed by atoms with van der Waals surface area (Å²) < 4.78 is 5.06. The Kier molecular flexibility index (Phi) is 3.64. The van der Waals surface area contributed by atoms with Crippen LogP contribution < -0.4 is 10.2 Å². The van der Waals surface area contributed by atoms with Crippen molar-refractivity contribution in [3.8, 4) is 5.75 Å². The van der Waals surface area contributed by atoms with Crippen molar-refractivity contribution < 1.29 is 4.74 Å². The van der Waals surface area contributed by atoms with Gasteiger partial charge in [0.15, 0.2) is 0 Å². The second kappa shape index (κ2) is 5.60. The third-order valence-corrected chi connectivity index (χ3v) is 2.06. The summed E-state index contributed by atoms with van der Waals surface area (Å²) in [5.74, 6) is 1.29. The maximum absolute atomic E-state index is 5.06. The molecule has 0 atom stereocenters. The highest BCUT2D eigenvalue weighted by Crippen LogP contribution is 2.09. The minimum Gasteiger partial charge on any atom is -0.497 e. The van der Waals surface area contributed by atoms with Crippen molar-refractivity contribution in [1.82, 2.24) is 9.97 Å². The first-order chi connectivity index (χ1) is 8.38. The molecule has 0 bridgehead atoms. The number of hydrazone groups is 1. The molecule has 0 aliphatic heterocycles. The zero-order chi connectivity index (χ0) is 11.9. The quantitative estimate of drug-likeness (QED) is 0.641. The number of hydrogen-bond donors (Lipinski definition) is 1. The van der Waals surface area contributed by atoms with Gasteiger partial charge in [0.05, 0.1) is 13.3 Å². The molecule has 0 unspecified atom stereocenters. The van der Waals surface area contributed by atoms with Crippen LogP contribution >= 0.6 is 0 Å². The summed E-state index contributed by atoms with van der Waals surface area (Å²) in [5, 5.41) is 4.03. The van der Waals surface area contributed by atoms with Gasteiger partial charge in [-0.05, 0) is 35.9 Å². The van der Waals surface area contributed by atoms with E-state index in [4.69, 9.17) is 4.74 Å². The van der Waals surface area contributed by atoms with Gasteiger partial charge in [-0.1, -0.05) is 0 Å². The van der Waals surface area contributed by atoms with Crippen LogP contribution in [0.2, 0.25) is 0 Å². The van der Waals surface area contributed by atoms with E-state index < -0.39 is 0 Å². The average molecular weight is 228 g/mol. The average Bonchev–Trinajstić information content (AvgIpc) is 2.41. The van der Waals surface area contributed by atoms with E-state index in [0.717, 1.165) is 11.3 Å². The van der Waals surface area contributed by atoms with Crippen molar-refractivity contribution in [1.29, 1.82) is 0 Å². The topological polar surface area (TPSA) is 59.4 Å². The molecule has 17 heavy (non-hydrogen) atoms. The highest BCUT2D eigenvalue weighted by Gasteiger charge is 1.91. The molecule has 0 fully saturated rings. The fourth-order valence-electron chi connectivity index (χ4n) is 1.21. The van der Waals surface area contributed by atoms with Crippen LogP contribution in [-0.2, 0) is 0 Å². The molecule has 0 aliphatic rings. The van der Waals surface area contributed by atoms with E-state index in [1.807, 2.05) is 24.3 Å². The lowest BCUT2D eigenvalue weighted by Crippen LogP contribution is -1.95. The van der Waals surface area contributed by atoms with Crippen molar-refractivity contribution in [2.24, 2.45) is 5.10 Å². The van der Waals surface area contributed by atoms with E-state index in [0.29, 0.717) is 5.95 Å². The molecule has 86 valence electrons. The number of anilines is 1. The summed E-state index contributed by atoms with van der Waals surface area (Å²) in [7, 11) is 1.64. The molecule has 5 heteroatoms. The fraction of sp³-hybridized carbons (Fsp3) is 0.0833. The molecule has 0 spiro atoms. The van der Waals surface area contributed by atoms with Crippen LogP contribution in [0.4, 0.5) is 5.95 Å². The number of rotatable bonds is 4. The van der Waals surface area contributed by atoms with Gasteiger partial charge in [0.2, 0.25) is 5.95 Å². The van der Waals surface area contributed by atoms with Crippen LogP contribution in [0, 0.1) is 0 Å². The lowest BCUT2D eigenvalue weighted by molar-refractivity contribution is 0.415. The highest BCUT2D eigenvalue weighted by molar-refractivity contribution is 5.80. The summed E-state index contributed by atoms with van der Waals surface area (Å²) in [6, 6.07) is 9.32. The Morgan fingerprint density at radius 3 is 2.53 bits per heavy atom. The Labute approximate surface area is 99.2 Å². The molecule has 0 saturated heterocycles. The molecule has 5 nitrogen and oxygen atoms in total. The van der Waals surface area contributed by atoms with E-state index in [2.05, 4.69) is 20.5 Å². The van der Waals surface area contributed by atoms with Gasteiger partial charge in [0, 0.05) is 12.4 Å². The minimum absolute atomic E-state index is 0.470. The third-order valence-electron chi connectivity index (χ3n) is 2.06. The monoisotopic (exact) mass is 228 g/mol. The first-order valence-electron chi connectivity index (χ1n) is 5.08. The fourth-order valence-corrected chi connectivity index (χ4v) is 1.21. The second-order valence-corrected chi connectivity index (χ2v) is 3.22. The van der Waals surface area contributed by atoms with Crippen LogP contribution in [0.5, 0.6) is 5.75 Å². The van der Waals surface area contributed by atoms with Crippen LogP contribution in [-0.4, -0.2) is 23.3 Å². The van der Waals surface area contributed by atoms with Crippen LogP contribution in [0.3, 0.4) is 0 Å². The van der Waals surface area contributed by atoms with E-state index in [9.17, 15) is 0 Å². The molecule has 1 N–H and O–H groups in total. The predicted octanol–water partition coefficient (Wildman–Crippen LogP) is 1.93. The Morgan fingerprint density at radius 2 is 1.88 bits per heavy atom. The lowest BCUT2D eigenvalue weighted by atomic mass is 10.2. The van der Waals surface area contributed by atoms with Crippen LogP contribution in [0.1, 0.15) is 5.56 Å². The number of nitrogens with zero attached hydrogens (tertiary/aromatic N) is 3. The lowest BCUT2D eigenvalue weighted by Gasteiger charge is -1.99. The standard InChI is InChI=1S/C12H12N4O/c1-17-11-5-3-10(4-6-11)9-15-16-12-13-7-2-8-14-12/h2-9H,1H3,(H,13,14,16)/b15-9+. The number of ether oxygens (including phenoxy) is 1. The first-order valence-corrected chi connectivity index (χ1v) is 5.08. The van der Waals surface area contributed by atoms with Gasteiger partial charge in [-0.25, -0.2) is 15.4 Å². The van der Waals surface area contributed by atoms with Gasteiger partial charge in [-0.3, -0.25) is 0 Å². The maximum Gasteiger partial charge on any atom is 0.243 e. The highest BCUT2D eigenvalue weighted by atomic mass is 16.5. The molecule has 1 aromatic heterocycles. The summed E-state index contributed by atoms with van der Waals surface area (Å²) in [4.78, 5) is 7.96. The Balaban J connectivity index is 1.96. The Morgan fingerprint density at radius 1 is 1.18 bits per heavy atom. The van der Waals surface area contributed by atoms with E-state index >= 15 is 0 Å². The zero-order valence-electron chi connectivity index (χ0n) is 9.37. The summed E-state index contributed by atoms with van der Waals surface area (Å²) in [6.07, 6.45) is 4.99. The van der Waals surface area contributed by atoms with Crippen molar-refractivity contribution in [3.05, 3.63) is 48.3 Å². The van der Waals surface area contributed by atoms with Gasteiger partial charge >= 0.3 is 0 Å². The Hall–Kier alpha value is -2.43. The van der Waals surface area contributed by atoms with Crippen LogP contribution in [0.25, 0.3) is 0 Å². The number of nitrogens with one attached hydrogen (secondary N) is 1. The molecule has 0 amide bonds. The molecular weight excluding hydrogens is 216 g/mol. The molecule has 0 aliphatic carbocycles. The normalized spacial score (nSPS) is 10.4. The summed E-state index contributed by atoms with van der Waals surface area (Å²) >= 11 is 0. The maximum atomic E-state index is 5.06. The molecule has 2 rings (SSSR count). The van der Waals surface area contributed by atoms with Gasteiger partial charge in [-0.2, -0.15) is 5.10 Å². The van der Waals surface area contributed by atoms with E-state index in [1.165, 1.54) is 0 Å². The van der Waals surface area contributed by atoms with Crippen molar-refractivity contribution >= 4 is 12.2 Å². The molecule has 2 aromatic rings. The van der Waals surface area contributed by atoms with Gasteiger partial charge in [-0.15, -0.1) is 0 Å².